The van der Waals surface area contributed by atoms with E-state index in [4.69, 9.17) is 16.8 Å². The van der Waals surface area contributed by atoms with Crippen LogP contribution in [0, 0.1) is 0 Å². The third-order valence-corrected chi connectivity index (χ3v) is 0.743. The van der Waals surface area contributed by atoms with Crippen LogP contribution in [0.2, 0.25) is 0 Å². The topological polar surface area (TPSA) is 32.6 Å². The van der Waals surface area contributed by atoms with Gasteiger partial charge < -0.3 is 5.21 Å². The molecule has 0 unspecified atom stereocenters. The molecule has 0 saturated carbocycles. The molecule has 3 heteroatoms. The van der Waals surface area contributed by atoms with Gasteiger partial charge in [-0.1, -0.05) is 23.7 Å². The number of hydrogen-bond acceptors (Lipinski definition) is 2. The van der Waals surface area contributed by atoms with E-state index in [0.717, 1.165) is 0 Å². The molecule has 0 aliphatic heterocycles. The van der Waals surface area contributed by atoms with Crippen LogP contribution in [-0.2, 0) is 0 Å². The zero-order valence-electron chi connectivity index (χ0n) is 3.48. The van der Waals surface area contributed by atoms with Crippen molar-refractivity contribution in [2.45, 2.75) is 13.3 Å². The molecule has 1 N–H and O–H groups in total. The van der Waals surface area contributed by atoms with Gasteiger partial charge in [0.1, 0.15) is 5.17 Å². The average Bonchev–Trinajstić information content (AvgIpc) is 1.65. The molecule has 0 aromatic heterocycles. The number of rotatable bonds is 1. The molecule has 0 amide bonds. The number of nitrogens with zero attached hydrogens (tertiary/aromatic N) is 1. The third-order valence-electron chi connectivity index (χ3n) is 0.400. The van der Waals surface area contributed by atoms with Gasteiger partial charge in [-0.15, -0.1) is 0 Å². The van der Waals surface area contributed by atoms with E-state index in [1.54, 1.807) is 0 Å². The molecule has 0 radical (unpaired) electrons. The van der Waals surface area contributed by atoms with Gasteiger partial charge in [0.2, 0.25) is 0 Å². The van der Waals surface area contributed by atoms with Crippen LogP contribution in [-0.4, -0.2) is 10.4 Å². The van der Waals surface area contributed by atoms with Crippen molar-refractivity contribution in [3.63, 3.8) is 0 Å². The lowest BCUT2D eigenvalue weighted by atomic mass is 10.5. The molecule has 0 atom stereocenters. The molecule has 0 aromatic rings. The van der Waals surface area contributed by atoms with Crippen molar-refractivity contribution in [2.75, 3.05) is 0 Å². The predicted molar refractivity (Wildman–Crippen MR) is 25.4 cm³/mol. The molecule has 0 bridgehead atoms. The van der Waals surface area contributed by atoms with Crippen molar-refractivity contribution in [3.8, 4) is 0 Å². The summed E-state index contributed by atoms with van der Waals surface area (Å²) < 4.78 is 0. The summed E-state index contributed by atoms with van der Waals surface area (Å²) in [5, 5.41) is 10.7. The molecule has 0 heterocycles. The molecule has 0 rings (SSSR count). The van der Waals surface area contributed by atoms with Gasteiger partial charge >= 0.3 is 0 Å². The number of oxime groups is 1. The Morgan fingerprint density at radius 2 is 2.50 bits per heavy atom. The van der Waals surface area contributed by atoms with Crippen molar-refractivity contribution in [2.24, 2.45) is 5.16 Å². The Morgan fingerprint density at radius 3 is 2.50 bits per heavy atom. The van der Waals surface area contributed by atoms with Gasteiger partial charge in [0.15, 0.2) is 0 Å². The molecule has 36 valence electrons. The number of hydrogen-bond donors (Lipinski definition) is 1. The maximum Gasteiger partial charge on any atom is 0.145 e. The highest BCUT2D eigenvalue weighted by Gasteiger charge is 1.81. The molecule has 6 heavy (non-hydrogen) atoms. The Morgan fingerprint density at radius 1 is 2.00 bits per heavy atom. The fourth-order valence-electron chi connectivity index (χ4n) is 0.0707. The molecule has 0 aliphatic rings. The van der Waals surface area contributed by atoms with E-state index in [2.05, 4.69) is 5.16 Å². The second-order valence-electron chi connectivity index (χ2n) is 0.830. The summed E-state index contributed by atoms with van der Waals surface area (Å²) in [6, 6.07) is 0. The first-order valence-electron chi connectivity index (χ1n) is 1.67. The van der Waals surface area contributed by atoms with Crippen molar-refractivity contribution < 1.29 is 5.21 Å². The molecule has 0 spiro atoms. The first-order chi connectivity index (χ1) is 2.81. The largest absolute Gasteiger partial charge is 0.410 e. The zero-order chi connectivity index (χ0) is 4.99. The summed E-state index contributed by atoms with van der Waals surface area (Å²) in [4.78, 5) is 0. The molecule has 2 nitrogen and oxygen atoms in total. The minimum atomic E-state index is 0.245. The van der Waals surface area contributed by atoms with Gasteiger partial charge in [-0.25, -0.2) is 0 Å². The van der Waals surface area contributed by atoms with Crippen molar-refractivity contribution in [3.05, 3.63) is 0 Å². The van der Waals surface area contributed by atoms with E-state index < -0.39 is 0 Å². The van der Waals surface area contributed by atoms with E-state index in [-0.39, 0.29) is 5.17 Å². The van der Waals surface area contributed by atoms with Crippen LogP contribution in [0.4, 0.5) is 0 Å². The van der Waals surface area contributed by atoms with E-state index in [9.17, 15) is 0 Å². The van der Waals surface area contributed by atoms with Gasteiger partial charge in [-0.2, -0.15) is 0 Å². The summed E-state index contributed by atoms with van der Waals surface area (Å²) in [6.07, 6.45) is 0.595. The lowest BCUT2D eigenvalue weighted by Crippen LogP contribution is -1.78. The lowest BCUT2D eigenvalue weighted by Gasteiger charge is -1.78. The maximum atomic E-state index is 7.79. The van der Waals surface area contributed by atoms with E-state index in [0.29, 0.717) is 6.42 Å². The smallest absolute Gasteiger partial charge is 0.145 e. The van der Waals surface area contributed by atoms with Crippen LogP contribution in [0.5, 0.6) is 0 Å². The predicted octanol–water partition coefficient (Wildman–Crippen LogP) is 1.42. The Bertz CT molecular complexity index is 61.8. The SMILES string of the molecule is CC/C(Cl)=N/O. The van der Waals surface area contributed by atoms with Gasteiger partial charge in [0.25, 0.3) is 0 Å². The summed E-state index contributed by atoms with van der Waals surface area (Å²) in [6.45, 7) is 1.81. The standard InChI is InChI=1S/C3H6ClNO/c1-2-3(4)5-6/h6H,2H2,1H3/b5-3-. The number of halogens is 1. The fraction of sp³-hybridized carbons (Fsp3) is 0.667. The summed E-state index contributed by atoms with van der Waals surface area (Å²) >= 11 is 5.15. The van der Waals surface area contributed by atoms with Crippen LogP contribution < -0.4 is 0 Å². The summed E-state index contributed by atoms with van der Waals surface area (Å²) in [5.41, 5.74) is 0. The van der Waals surface area contributed by atoms with E-state index >= 15 is 0 Å². The van der Waals surface area contributed by atoms with Gasteiger partial charge in [-0.05, 0) is 0 Å². The second kappa shape index (κ2) is 2.97. The normalized spacial score (nSPS) is 12.0. The molecule has 0 saturated heterocycles. The van der Waals surface area contributed by atoms with Crippen molar-refractivity contribution in [1.29, 1.82) is 0 Å². The van der Waals surface area contributed by atoms with Gasteiger partial charge in [0, 0.05) is 6.42 Å². The highest BCUT2D eigenvalue weighted by molar-refractivity contribution is 6.65. The molecule has 0 fully saturated rings. The Balaban J connectivity index is 3.22. The monoisotopic (exact) mass is 107 g/mol. The Labute approximate surface area is 41.4 Å². The first kappa shape index (κ1) is 5.76. The minimum absolute atomic E-state index is 0.245. The van der Waals surface area contributed by atoms with Crippen LogP contribution in [0.25, 0.3) is 0 Å². The molecule has 0 aliphatic carbocycles. The average molecular weight is 108 g/mol. The zero-order valence-corrected chi connectivity index (χ0v) is 4.24. The van der Waals surface area contributed by atoms with Crippen molar-refractivity contribution in [1.82, 2.24) is 0 Å². The van der Waals surface area contributed by atoms with Gasteiger partial charge in [-0.3, -0.25) is 0 Å². The third kappa shape index (κ3) is 2.03. The molecular formula is C3H6ClNO. The minimum Gasteiger partial charge on any atom is -0.410 e. The highest BCUT2D eigenvalue weighted by atomic mass is 35.5. The quantitative estimate of drug-likeness (QED) is 0.307. The summed E-state index contributed by atoms with van der Waals surface area (Å²) in [5.74, 6) is 0. The Hall–Kier alpha value is -0.240. The lowest BCUT2D eigenvalue weighted by molar-refractivity contribution is 0.319. The van der Waals surface area contributed by atoms with Gasteiger partial charge in [0.05, 0.1) is 0 Å². The Kier molecular flexibility index (Phi) is 2.85. The second-order valence-corrected chi connectivity index (χ2v) is 1.27. The molecule has 0 aromatic carbocycles. The maximum absolute atomic E-state index is 7.79. The van der Waals surface area contributed by atoms with Crippen LogP contribution >= 0.6 is 11.6 Å². The van der Waals surface area contributed by atoms with E-state index in [1.807, 2.05) is 6.92 Å². The fourth-order valence-corrected chi connectivity index (χ4v) is 0.0707. The summed E-state index contributed by atoms with van der Waals surface area (Å²) in [7, 11) is 0. The van der Waals surface area contributed by atoms with Crippen LogP contribution in [0.15, 0.2) is 5.16 Å². The van der Waals surface area contributed by atoms with Crippen LogP contribution in [0.1, 0.15) is 13.3 Å². The van der Waals surface area contributed by atoms with Crippen molar-refractivity contribution >= 4 is 16.8 Å². The highest BCUT2D eigenvalue weighted by Crippen LogP contribution is 1.87. The molecular weight excluding hydrogens is 101 g/mol. The first-order valence-corrected chi connectivity index (χ1v) is 2.05. The van der Waals surface area contributed by atoms with Crippen LogP contribution in [0.3, 0.4) is 0 Å². The van der Waals surface area contributed by atoms with E-state index in [1.165, 1.54) is 0 Å².